The summed E-state index contributed by atoms with van der Waals surface area (Å²) >= 11 is 0. The van der Waals surface area contributed by atoms with Gasteiger partial charge in [0, 0.05) is 5.69 Å². The van der Waals surface area contributed by atoms with Crippen molar-refractivity contribution in [3.63, 3.8) is 0 Å². The third-order valence-corrected chi connectivity index (χ3v) is 1.27. The van der Waals surface area contributed by atoms with Crippen LogP contribution in [-0.2, 0) is 4.79 Å². The molecule has 0 bridgehead atoms. The largest absolute Gasteiger partial charge is 0.482 e. The van der Waals surface area contributed by atoms with Crippen LogP contribution in [0.25, 0.3) is 0 Å². The summed E-state index contributed by atoms with van der Waals surface area (Å²) in [6.07, 6.45) is 1.55. The van der Waals surface area contributed by atoms with E-state index in [4.69, 9.17) is 10.5 Å². The van der Waals surface area contributed by atoms with E-state index in [1.165, 1.54) is 0 Å². The van der Waals surface area contributed by atoms with Crippen LogP contribution < -0.4 is 10.5 Å². The molecule has 0 atom stereocenters. The second-order valence-electron chi connectivity index (χ2n) is 2.39. The molecule has 0 aliphatic carbocycles. The van der Waals surface area contributed by atoms with Crippen LogP contribution in [0.2, 0.25) is 0 Å². The average molecular weight is 166 g/mol. The van der Waals surface area contributed by atoms with Gasteiger partial charge in [0.05, 0.1) is 6.20 Å². The smallest absolute Gasteiger partial charge is 0.255 e. The maximum atomic E-state index is 10.3. The maximum absolute atomic E-state index is 10.3. The number of pyridine rings is 1. The van der Waals surface area contributed by atoms with Crippen LogP contribution in [0.15, 0.2) is 18.3 Å². The SMILES string of the molecule is Cc1ccc(OCC(N)=O)cn1. The zero-order valence-corrected chi connectivity index (χ0v) is 6.78. The highest BCUT2D eigenvalue weighted by molar-refractivity contribution is 5.75. The third kappa shape index (κ3) is 2.57. The molecule has 0 spiro atoms. The lowest BCUT2D eigenvalue weighted by molar-refractivity contribution is -0.119. The molecule has 0 saturated heterocycles. The fourth-order valence-electron chi connectivity index (χ4n) is 0.694. The highest BCUT2D eigenvalue weighted by Gasteiger charge is 1.96. The highest BCUT2D eigenvalue weighted by Crippen LogP contribution is 2.07. The number of aryl methyl sites for hydroxylation is 1. The Labute approximate surface area is 70.4 Å². The molecule has 0 aromatic carbocycles. The molecule has 4 heteroatoms. The van der Waals surface area contributed by atoms with Crippen molar-refractivity contribution in [3.05, 3.63) is 24.0 Å². The molecule has 12 heavy (non-hydrogen) atoms. The summed E-state index contributed by atoms with van der Waals surface area (Å²) in [6, 6.07) is 3.54. The minimum Gasteiger partial charge on any atom is -0.482 e. The Morgan fingerprint density at radius 3 is 2.92 bits per heavy atom. The van der Waals surface area contributed by atoms with Gasteiger partial charge in [-0.15, -0.1) is 0 Å². The van der Waals surface area contributed by atoms with Crippen LogP contribution in [0.5, 0.6) is 5.75 Å². The van der Waals surface area contributed by atoms with Gasteiger partial charge in [-0.25, -0.2) is 0 Å². The Bertz CT molecular complexity index is 269. The number of aromatic nitrogens is 1. The molecule has 0 aliphatic heterocycles. The molecule has 1 aromatic rings. The van der Waals surface area contributed by atoms with E-state index in [1.54, 1.807) is 18.3 Å². The predicted octanol–water partition coefficient (Wildman–Crippen LogP) is 0.254. The van der Waals surface area contributed by atoms with E-state index in [0.29, 0.717) is 5.75 Å². The Hall–Kier alpha value is -1.58. The van der Waals surface area contributed by atoms with E-state index in [2.05, 4.69) is 4.98 Å². The third-order valence-electron chi connectivity index (χ3n) is 1.27. The molecule has 0 unspecified atom stereocenters. The Kier molecular flexibility index (Phi) is 2.63. The number of ether oxygens (including phenoxy) is 1. The summed E-state index contributed by atoms with van der Waals surface area (Å²) in [4.78, 5) is 14.3. The number of carbonyl (C=O) groups is 1. The monoisotopic (exact) mass is 166 g/mol. The van der Waals surface area contributed by atoms with Crippen LogP contribution in [0.1, 0.15) is 5.69 Å². The first-order chi connectivity index (χ1) is 5.68. The van der Waals surface area contributed by atoms with E-state index in [9.17, 15) is 4.79 Å². The van der Waals surface area contributed by atoms with Gasteiger partial charge in [0.25, 0.3) is 5.91 Å². The summed E-state index contributed by atoms with van der Waals surface area (Å²) in [5.74, 6) is 0.0648. The molecule has 4 nitrogen and oxygen atoms in total. The number of hydrogen-bond acceptors (Lipinski definition) is 3. The maximum Gasteiger partial charge on any atom is 0.255 e. The van der Waals surface area contributed by atoms with Crippen LogP contribution >= 0.6 is 0 Å². The van der Waals surface area contributed by atoms with Gasteiger partial charge in [-0.3, -0.25) is 9.78 Å². The lowest BCUT2D eigenvalue weighted by atomic mass is 10.4. The van der Waals surface area contributed by atoms with Crippen molar-refractivity contribution in [1.82, 2.24) is 4.98 Å². The minimum absolute atomic E-state index is 0.106. The fraction of sp³-hybridized carbons (Fsp3) is 0.250. The van der Waals surface area contributed by atoms with E-state index < -0.39 is 5.91 Å². The minimum atomic E-state index is -0.490. The van der Waals surface area contributed by atoms with E-state index in [-0.39, 0.29) is 6.61 Å². The number of rotatable bonds is 3. The second kappa shape index (κ2) is 3.71. The van der Waals surface area contributed by atoms with Crippen molar-refractivity contribution in [3.8, 4) is 5.75 Å². The van der Waals surface area contributed by atoms with Gasteiger partial charge in [-0.2, -0.15) is 0 Å². The van der Waals surface area contributed by atoms with Gasteiger partial charge in [-0.1, -0.05) is 0 Å². The predicted molar refractivity (Wildman–Crippen MR) is 43.7 cm³/mol. The van der Waals surface area contributed by atoms with Gasteiger partial charge >= 0.3 is 0 Å². The van der Waals surface area contributed by atoms with Crippen LogP contribution in [0.4, 0.5) is 0 Å². The Morgan fingerprint density at radius 2 is 2.42 bits per heavy atom. The van der Waals surface area contributed by atoms with Crippen LogP contribution in [0, 0.1) is 6.92 Å². The fourth-order valence-corrected chi connectivity index (χ4v) is 0.694. The quantitative estimate of drug-likeness (QED) is 0.700. The van der Waals surface area contributed by atoms with Gasteiger partial charge in [-0.05, 0) is 19.1 Å². The van der Waals surface area contributed by atoms with Gasteiger partial charge in [0.15, 0.2) is 6.61 Å². The van der Waals surface area contributed by atoms with E-state index in [1.807, 2.05) is 6.92 Å². The van der Waals surface area contributed by atoms with Crippen LogP contribution in [0.3, 0.4) is 0 Å². The highest BCUT2D eigenvalue weighted by atomic mass is 16.5. The standard InChI is InChI=1S/C8H10N2O2/c1-6-2-3-7(4-10-6)12-5-8(9)11/h2-4H,5H2,1H3,(H2,9,11). The second-order valence-corrected chi connectivity index (χ2v) is 2.39. The van der Waals surface area contributed by atoms with E-state index in [0.717, 1.165) is 5.69 Å². The Balaban J connectivity index is 2.53. The van der Waals surface area contributed by atoms with Crippen molar-refractivity contribution in [2.45, 2.75) is 6.92 Å². The molecule has 1 amide bonds. The zero-order chi connectivity index (χ0) is 8.97. The normalized spacial score (nSPS) is 9.42. The van der Waals surface area contributed by atoms with Crippen molar-refractivity contribution >= 4 is 5.91 Å². The molecule has 2 N–H and O–H groups in total. The molecular formula is C8H10N2O2. The first-order valence-electron chi connectivity index (χ1n) is 3.52. The van der Waals surface area contributed by atoms with Gasteiger partial charge in [0.1, 0.15) is 5.75 Å². The first-order valence-corrected chi connectivity index (χ1v) is 3.52. The number of carbonyl (C=O) groups excluding carboxylic acids is 1. The summed E-state index contributed by atoms with van der Waals surface area (Å²) in [5, 5.41) is 0. The molecule has 0 fully saturated rings. The number of amides is 1. The summed E-state index contributed by atoms with van der Waals surface area (Å²) in [5.41, 5.74) is 5.79. The van der Waals surface area contributed by atoms with Crippen LogP contribution in [-0.4, -0.2) is 17.5 Å². The molecule has 64 valence electrons. The van der Waals surface area contributed by atoms with Crippen molar-refractivity contribution in [2.24, 2.45) is 5.73 Å². The summed E-state index contributed by atoms with van der Waals surface area (Å²) < 4.78 is 4.99. The van der Waals surface area contributed by atoms with Crippen molar-refractivity contribution in [1.29, 1.82) is 0 Å². The topological polar surface area (TPSA) is 65.2 Å². The van der Waals surface area contributed by atoms with Crippen molar-refractivity contribution < 1.29 is 9.53 Å². The summed E-state index contributed by atoms with van der Waals surface area (Å²) in [7, 11) is 0. The van der Waals surface area contributed by atoms with Gasteiger partial charge in [0.2, 0.25) is 0 Å². The van der Waals surface area contributed by atoms with Crippen molar-refractivity contribution in [2.75, 3.05) is 6.61 Å². The molecule has 0 saturated carbocycles. The Morgan fingerprint density at radius 1 is 1.67 bits per heavy atom. The molecule has 1 rings (SSSR count). The number of nitrogens with two attached hydrogens (primary N) is 1. The molecule has 1 heterocycles. The lowest BCUT2D eigenvalue weighted by Gasteiger charge is -2.01. The first kappa shape index (κ1) is 8.52. The molecular weight excluding hydrogens is 156 g/mol. The number of nitrogens with zero attached hydrogens (tertiary/aromatic N) is 1. The molecule has 0 radical (unpaired) electrons. The lowest BCUT2D eigenvalue weighted by Crippen LogP contribution is -2.20. The van der Waals surface area contributed by atoms with E-state index >= 15 is 0 Å². The molecule has 0 aliphatic rings. The number of primary amides is 1. The zero-order valence-electron chi connectivity index (χ0n) is 6.78. The van der Waals surface area contributed by atoms with Gasteiger partial charge < -0.3 is 10.5 Å². The number of hydrogen-bond donors (Lipinski definition) is 1. The molecule has 1 aromatic heterocycles. The summed E-state index contributed by atoms with van der Waals surface area (Å²) in [6.45, 7) is 1.77. The average Bonchev–Trinajstić information content (AvgIpc) is 2.03.